The van der Waals surface area contributed by atoms with Crippen molar-refractivity contribution >= 4 is 6.03 Å². The molecule has 122 valence electrons. The zero-order valence-electron chi connectivity index (χ0n) is 14.1. The number of likely N-dealkylation sites (tertiary alicyclic amines) is 1. The van der Waals surface area contributed by atoms with E-state index in [1.807, 2.05) is 0 Å². The Bertz CT molecular complexity index is 318. The zero-order chi connectivity index (χ0) is 15.2. The van der Waals surface area contributed by atoms with Crippen molar-refractivity contribution < 1.29 is 4.79 Å². The Kier molecular flexibility index (Phi) is 6.34. The molecule has 1 saturated heterocycles. The van der Waals surface area contributed by atoms with Gasteiger partial charge in [-0.3, -0.25) is 0 Å². The van der Waals surface area contributed by atoms with Gasteiger partial charge in [-0.25, -0.2) is 4.79 Å². The molecule has 2 amide bonds. The Morgan fingerprint density at radius 3 is 2.38 bits per heavy atom. The summed E-state index contributed by atoms with van der Waals surface area (Å²) in [5.41, 5.74) is 0. The molecule has 1 saturated carbocycles. The van der Waals surface area contributed by atoms with E-state index in [0.29, 0.717) is 6.04 Å². The highest BCUT2D eigenvalue weighted by molar-refractivity contribution is 5.74. The fourth-order valence-electron chi connectivity index (χ4n) is 3.62. The molecule has 21 heavy (non-hydrogen) atoms. The number of unbranched alkanes of at least 4 members (excludes halogenated alkanes) is 1. The smallest absolute Gasteiger partial charge is 0.317 e. The molecule has 0 spiro atoms. The molecule has 2 rings (SSSR count). The molecular formula is C17H33N3O. The highest BCUT2D eigenvalue weighted by Crippen LogP contribution is 2.35. The predicted octanol–water partition coefficient (Wildman–Crippen LogP) is 2.94. The molecule has 2 fully saturated rings. The van der Waals surface area contributed by atoms with Crippen molar-refractivity contribution in [3.05, 3.63) is 0 Å². The maximum atomic E-state index is 12.2. The lowest BCUT2D eigenvalue weighted by Gasteiger charge is -2.22. The van der Waals surface area contributed by atoms with E-state index in [9.17, 15) is 4.79 Å². The summed E-state index contributed by atoms with van der Waals surface area (Å²) in [4.78, 5) is 16.6. The third-order valence-corrected chi connectivity index (χ3v) is 5.36. The van der Waals surface area contributed by atoms with Crippen LogP contribution in [0.5, 0.6) is 0 Å². The standard InChI is InChI=1S/C17H33N3O/c1-14(2)19(3)11-7-6-10-18-17(21)20-12-15-8-4-5-9-16(15)13-20/h14-16H,4-13H2,1-3H3,(H,18,21)/t15-,16-/m1/s1. The summed E-state index contributed by atoms with van der Waals surface area (Å²) in [5, 5.41) is 3.11. The molecule has 4 heteroatoms. The van der Waals surface area contributed by atoms with Crippen molar-refractivity contribution in [1.29, 1.82) is 0 Å². The predicted molar refractivity (Wildman–Crippen MR) is 87.4 cm³/mol. The van der Waals surface area contributed by atoms with E-state index in [1.165, 1.54) is 25.7 Å². The lowest BCUT2D eigenvalue weighted by molar-refractivity contribution is 0.205. The van der Waals surface area contributed by atoms with Crippen LogP contribution in [0.2, 0.25) is 0 Å². The maximum Gasteiger partial charge on any atom is 0.317 e. The van der Waals surface area contributed by atoms with E-state index in [-0.39, 0.29) is 6.03 Å². The van der Waals surface area contributed by atoms with Gasteiger partial charge < -0.3 is 15.1 Å². The SMILES string of the molecule is CC(C)N(C)CCCCNC(=O)N1C[C@H]2CCCC[C@@H]2C1. The Morgan fingerprint density at radius 1 is 1.19 bits per heavy atom. The minimum absolute atomic E-state index is 0.168. The van der Waals surface area contributed by atoms with Gasteiger partial charge in [-0.05, 0) is 65.0 Å². The maximum absolute atomic E-state index is 12.2. The first-order chi connectivity index (χ1) is 10.1. The second-order valence-electron chi connectivity index (χ2n) is 7.22. The van der Waals surface area contributed by atoms with Crippen LogP contribution in [0.4, 0.5) is 4.79 Å². The molecule has 1 aliphatic heterocycles. The Labute approximate surface area is 130 Å². The molecule has 4 nitrogen and oxygen atoms in total. The van der Waals surface area contributed by atoms with Crippen LogP contribution in [0.1, 0.15) is 52.4 Å². The van der Waals surface area contributed by atoms with E-state index in [0.717, 1.165) is 50.9 Å². The highest BCUT2D eigenvalue weighted by atomic mass is 16.2. The number of carbonyl (C=O) groups excluding carboxylic acids is 1. The second-order valence-corrected chi connectivity index (χ2v) is 7.22. The van der Waals surface area contributed by atoms with Gasteiger partial charge in [0.05, 0.1) is 0 Å². The van der Waals surface area contributed by atoms with Crippen LogP contribution in [0.3, 0.4) is 0 Å². The quantitative estimate of drug-likeness (QED) is 0.765. The second kappa shape index (κ2) is 8.02. The highest BCUT2D eigenvalue weighted by Gasteiger charge is 2.36. The molecule has 0 bridgehead atoms. The average Bonchev–Trinajstić information content (AvgIpc) is 2.90. The number of hydrogen-bond donors (Lipinski definition) is 1. The molecule has 0 unspecified atom stereocenters. The molecule has 2 aliphatic rings. The van der Waals surface area contributed by atoms with E-state index >= 15 is 0 Å². The van der Waals surface area contributed by atoms with Crippen molar-refractivity contribution in [2.75, 3.05) is 33.2 Å². The minimum Gasteiger partial charge on any atom is -0.338 e. The van der Waals surface area contributed by atoms with Crippen molar-refractivity contribution in [3.8, 4) is 0 Å². The summed E-state index contributed by atoms with van der Waals surface area (Å²) in [6.07, 6.45) is 7.61. The molecular weight excluding hydrogens is 262 g/mol. The van der Waals surface area contributed by atoms with Crippen LogP contribution in [-0.2, 0) is 0 Å². The van der Waals surface area contributed by atoms with Gasteiger partial charge in [0.25, 0.3) is 0 Å². The van der Waals surface area contributed by atoms with Gasteiger partial charge in [0.1, 0.15) is 0 Å². The topological polar surface area (TPSA) is 35.6 Å². The number of nitrogens with zero attached hydrogens (tertiary/aromatic N) is 2. The van der Waals surface area contributed by atoms with Crippen LogP contribution in [0.25, 0.3) is 0 Å². The summed E-state index contributed by atoms with van der Waals surface area (Å²) >= 11 is 0. The number of urea groups is 1. The number of nitrogens with one attached hydrogen (secondary N) is 1. The van der Waals surface area contributed by atoms with Crippen LogP contribution in [0, 0.1) is 11.8 Å². The summed E-state index contributed by atoms with van der Waals surface area (Å²) in [5.74, 6) is 1.56. The van der Waals surface area contributed by atoms with Gasteiger partial charge in [-0.1, -0.05) is 12.8 Å². The number of fused-ring (bicyclic) bond motifs is 1. The molecule has 0 aromatic rings. The normalized spacial score (nSPS) is 25.5. The fourth-order valence-corrected chi connectivity index (χ4v) is 3.62. The average molecular weight is 295 g/mol. The van der Waals surface area contributed by atoms with Gasteiger partial charge in [0, 0.05) is 25.7 Å². The Balaban J connectivity index is 1.58. The van der Waals surface area contributed by atoms with Crippen molar-refractivity contribution in [3.63, 3.8) is 0 Å². The van der Waals surface area contributed by atoms with Crippen LogP contribution in [-0.4, -0.2) is 55.1 Å². The van der Waals surface area contributed by atoms with E-state index in [4.69, 9.17) is 0 Å². The molecule has 1 aliphatic carbocycles. The monoisotopic (exact) mass is 295 g/mol. The molecule has 1 heterocycles. The fraction of sp³-hybridized carbons (Fsp3) is 0.941. The lowest BCUT2D eigenvalue weighted by atomic mass is 9.82. The van der Waals surface area contributed by atoms with E-state index in [1.54, 1.807) is 0 Å². The Morgan fingerprint density at radius 2 is 1.81 bits per heavy atom. The molecule has 0 aromatic heterocycles. The van der Waals surface area contributed by atoms with Gasteiger partial charge in [-0.2, -0.15) is 0 Å². The first-order valence-electron chi connectivity index (χ1n) is 8.81. The van der Waals surface area contributed by atoms with Crippen LogP contribution in [0.15, 0.2) is 0 Å². The number of hydrogen-bond acceptors (Lipinski definition) is 2. The third kappa shape index (κ3) is 4.87. The number of rotatable bonds is 6. The van der Waals surface area contributed by atoms with E-state index in [2.05, 4.69) is 36.0 Å². The lowest BCUT2D eigenvalue weighted by Crippen LogP contribution is -2.39. The zero-order valence-corrected chi connectivity index (χ0v) is 14.1. The largest absolute Gasteiger partial charge is 0.338 e. The summed E-state index contributed by atoms with van der Waals surface area (Å²) in [6.45, 7) is 8.35. The Hall–Kier alpha value is -0.770. The first kappa shape index (κ1) is 16.6. The summed E-state index contributed by atoms with van der Waals surface area (Å²) < 4.78 is 0. The van der Waals surface area contributed by atoms with Crippen molar-refractivity contribution in [2.24, 2.45) is 11.8 Å². The third-order valence-electron chi connectivity index (χ3n) is 5.36. The molecule has 0 aromatic carbocycles. The molecule has 1 N–H and O–H groups in total. The van der Waals surface area contributed by atoms with Crippen LogP contribution >= 0.6 is 0 Å². The van der Waals surface area contributed by atoms with Gasteiger partial charge in [0.15, 0.2) is 0 Å². The number of carbonyl (C=O) groups is 1. The summed E-state index contributed by atoms with van der Waals surface area (Å²) in [6, 6.07) is 0.772. The first-order valence-corrected chi connectivity index (χ1v) is 8.81. The van der Waals surface area contributed by atoms with Gasteiger partial charge in [0.2, 0.25) is 0 Å². The summed E-state index contributed by atoms with van der Waals surface area (Å²) in [7, 11) is 2.16. The molecule has 2 atom stereocenters. The molecule has 0 radical (unpaired) electrons. The van der Waals surface area contributed by atoms with Crippen LogP contribution < -0.4 is 5.32 Å². The van der Waals surface area contributed by atoms with Gasteiger partial charge >= 0.3 is 6.03 Å². The number of amides is 2. The van der Waals surface area contributed by atoms with Gasteiger partial charge in [-0.15, -0.1) is 0 Å². The minimum atomic E-state index is 0.168. The van der Waals surface area contributed by atoms with Crippen molar-refractivity contribution in [1.82, 2.24) is 15.1 Å². The van der Waals surface area contributed by atoms with Crippen molar-refractivity contribution in [2.45, 2.75) is 58.4 Å². The van der Waals surface area contributed by atoms with E-state index < -0.39 is 0 Å².